The first-order valence-electron chi connectivity index (χ1n) is 7.53. The summed E-state index contributed by atoms with van der Waals surface area (Å²) < 4.78 is 0. The smallest absolute Gasteiger partial charge is 0.308 e. The Hall–Kier alpha value is -1.84. The van der Waals surface area contributed by atoms with Crippen molar-refractivity contribution in [3.05, 3.63) is 35.4 Å². The summed E-state index contributed by atoms with van der Waals surface area (Å²) in [6.07, 6.45) is 1.75. The van der Waals surface area contributed by atoms with Crippen molar-refractivity contribution in [1.29, 1.82) is 0 Å². The van der Waals surface area contributed by atoms with Gasteiger partial charge in [0.05, 0.1) is 11.3 Å². The number of carbonyl (C=O) groups is 2. The van der Waals surface area contributed by atoms with E-state index in [1.165, 1.54) is 0 Å². The summed E-state index contributed by atoms with van der Waals surface area (Å²) >= 11 is 0. The molecule has 0 unspecified atom stereocenters. The van der Waals surface area contributed by atoms with E-state index in [1.807, 2.05) is 32.0 Å². The molecule has 1 aromatic rings. The van der Waals surface area contributed by atoms with Gasteiger partial charge in [-0.15, -0.1) is 0 Å². The Morgan fingerprint density at radius 3 is 2.52 bits per heavy atom. The largest absolute Gasteiger partial charge is 0.481 e. The Morgan fingerprint density at radius 1 is 1.29 bits per heavy atom. The third-order valence-corrected chi connectivity index (χ3v) is 4.95. The zero-order valence-corrected chi connectivity index (χ0v) is 12.5. The molecule has 21 heavy (non-hydrogen) atoms. The number of benzene rings is 1. The summed E-state index contributed by atoms with van der Waals surface area (Å²) in [6, 6.07) is 8.12. The van der Waals surface area contributed by atoms with E-state index in [9.17, 15) is 14.7 Å². The SMILES string of the molecule is Cc1cccc(C2(C(=O)N3C[C@@H](C)[C@H](C(=O)O)C3)CC2)c1. The van der Waals surface area contributed by atoms with Crippen molar-refractivity contribution in [2.75, 3.05) is 13.1 Å². The first kappa shape index (κ1) is 14.1. The van der Waals surface area contributed by atoms with Crippen molar-refractivity contribution < 1.29 is 14.7 Å². The van der Waals surface area contributed by atoms with Crippen LogP contribution >= 0.6 is 0 Å². The number of nitrogens with zero attached hydrogens (tertiary/aromatic N) is 1. The standard InChI is InChI=1S/C17H21NO3/c1-11-4-3-5-13(8-11)17(6-7-17)16(21)18-9-12(2)14(10-18)15(19)20/h3-5,8,12,14H,6-7,9-10H2,1-2H3,(H,19,20)/t12-,14-/m1/s1. The van der Waals surface area contributed by atoms with Crippen LogP contribution in [0.5, 0.6) is 0 Å². The number of amides is 1. The Bertz CT molecular complexity index is 591. The molecule has 1 aromatic carbocycles. The van der Waals surface area contributed by atoms with Crippen LogP contribution in [0.4, 0.5) is 0 Å². The monoisotopic (exact) mass is 287 g/mol. The molecule has 1 heterocycles. The molecule has 1 saturated heterocycles. The average molecular weight is 287 g/mol. The highest BCUT2D eigenvalue weighted by atomic mass is 16.4. The minimum Gasteiger partial charge on any atom is -0.481 e. The van der Waals surface area contributed by atoms with Crippen molar-refractivity contribution in [3.63, 3.8) is 0 Å². The second-order valence-corrected chi connectivity index (χ2v) is 6.58. The van der Waals surface area contributed by atoms with Crippen molar-refractivity contribution in [2.45, 2.75) is 32.1 Å². The topological polar surface area (TPSA) is 57.6 Å². The van der Waals surface area contributed by atoms with Gasteiger partial charge >= 0.3 is 5.97 Å². The van der Waals surface area contributed by atoms with E-state index in [0.717, 1.165) is 24.0 Å². The molecule has 2 fully saturated rings. The van der Waals surface area contributed by atoms with Gasteiger partial charge in [0.2, 0.25) is 5.91 Å². The van der Waals surface area contributed by atoms with Gasteiger partial charge in [0.25, 0.3) is 0 Å². The summed E-state index contributed by atoms with van der Waals surface area (Å²) in [4.78, 5) is 25.9. The minimum absolute atomic E-state index is 0.0276. The summed E-state index contributed by atoms with van der Waals surface area (Å²) in [5.41, 5.74) is 1.85. The highest BCUT2D eigenvalue weighted by Gasteiger charge is 2.54. The van der Waals surface area contributed by atoms with Crippen molar-refractivity contribution in [2.24, 2.45) is 11.8 Å². The van der Waals surface area contributed by atoms with Crippen molar-refractivity contribution >= 4 is 11.9 Å². The van der Waals surface area contributed by atoms with Crippen molar-refractivity contribution in [3.8, 4) is 0 Å². The van der Waals surface area contributed by atoms with Crippen LogP contribution < -0.4 is 0 Å². The van der Waals surface area contributed by atoms with Gasteiger partial charge in [-0.2, -0.15) is 0 Å². The lowest BCUT2D eigenvalue weighted by Gasteiger charge is -2.23. The first-order chi connectivity index (χ1) is 9.94. The van der Waals surface area contributed by atoms with Crippen LogP contribution in [-0.2, 0) is 15.0 Å². The maximum atomic E-state index is 12.9. The molecule has 1 saturated carbocycles. The highest BCUT2D eigenvalue weighted by molar-refractivity contribution is 5.92. The van der Waals surface area contributed by atoms with Crippen LogP contribution in [0.25, 0.3) is 0 Å². The fourth-order valence-corrected chi connectivity index (χ4v) is 3.45. The van der Waals surface area contributed by atoms with Crippen LogP contribution in [0.2, 0.25) is 0 Å². The number of carboxylic acids is 1. The molecular formula is C17H21NO3. The predicted octanol–water partition coefficient (Wildman–Crippen LogP) is 2.21. The van der Waals surface area contributed by atoms with Gasteiger partial charge in [-0.3, -0.25) is 9.59 Å². The Morgan fingerprint density at radius 2 is 2.00 bits per heavy atom. The van der Waals surface area contributed by atoms with Gasteiger partial charge in [-0.05, 0) is 31.2 Å². The number of aryl methyl sites for hydroxylation is 1. The van der Waals surface area contributed by atoms with Crippen LogP contribution in [0.3, 0.4) is 0 Å². The second-order valence-electron chi connectivity index (χ2n) is 6.58. The Balaban J connectivity index is 1.81. The van der Waals surface area contributed by atoms with Gasteiger partial charge in [-0.1, -0.05) is 36.8 Å². The van der Waals surface area contributed by atoms with E-state index < -0.39 is 11.9 Å². The van der Waals surface area contributed by atoms with Crippen LogP contribution in [-0.4, -0.2) is 35.0 Å². The van der Waals surface area contributed by atoms with Gasteiger partial charge in [0.1, 0.15) is 0 Å². The van der Waals surface area contributed by atoms with Crippen LogP contribution in [0.1, 0.15) is 30.9 Å². The third-order valence-electron chi connectivity index (χ3n) is 4.95. The molecule has 1 amide bonds. The molecule has 112 valence electrons. The fraction of sp³-hybridized carbons (Fsp3) is 0.529. The second kappa shape index (κ2) is 4.86. The maximum Gasteiger partial charge on any atom is 0.308 e. The molecule has 2 aliphatic rings. The zero-order chi connectivity index (χ0) is 15.2. The molecule has 4 heteroatoms. The quantitative estimate of drug-likeness (QED) is 0.927. The van der Waals surface area contributed by atoms with Crippen LogP contribution in [0.15, 0.2) is 24.3 Å². The van der Waals surface area contributed by atoms with E-state index in [4.69, 9.17) is 0 Å². The molecule has 0 bridgehead atoms. The number of carboxylic acid groups (broad SMARTS) is 1. The molecule has 0 radical (unpaired) electrons. The van der Waals surface area contributed by atoms with E-state index in [1.54, 1.807) is 4.90 Å². The lowest BCUT2D eigenvalue weighted by atomic mass is 9.93. The molecule has 4 nitrogen and oxygen atoms in total. The minimum atomic E-state index is -0.793. The molecule has 0 spiro atoms. The molecule has 1 aliphatic carbocycles. The zero-order valence-electron chi connectivity index (χ0n) is 12.5. The van der Waals surface area contributed by atoms with E-state index in [-0.39, 0.29) is 17.2 Å². The van der Waals surface area contributed by atoms with Gasteiger partial charge in [-0.25, -0.2) is 0 Å². The lowest BCUT2D eigenvalue weighted by Crippen LogP contribution is -2.38. The third kappa shape index (κ3) is 2.33. The molecule has 1 aliphatic heterocycles. The summed E-state index contributed by atoms with van der Waals surface area (Å²) in [6.45, 7) is 4.85. The van der Waals surface area contributed by atoms with E-state index in [2.05, 4.69) is 6.07 Å². The Kier molecular flexibility index (Phi) is 3.27. The number of likely N-dealkylation sites (tertiary alicyclic amines) is 1. The number of hydrogen-bond acceptors (Lipinski definition) is 2. The van der Waals surface area contributed by atoms with Crippen LogP contribution in [0, 0.1) is 18.8 Å². The number of carbonyl (C=O) groups excluding carboxylic acids is 1. The molecular weight excluding hydrogens is 266 g/mol. The molecule has 1 N–H and O–H groups in total. The summed E-state index contributed by atoms with van der Waals surface area (Å²) in [5.74, 6) is -1.08. The molecule has 3 rings (SSSR count). The average Bonchev–Trinajstić information content (AvgIpc) is 3.15. The van der Waals surface area contributed by atoms with Crippen molar-refractivity contribution in [1.82, 2.24) is 4.90 Å². The van der Waals surface area contributed by atoms with Gasteiger partial charge in [0, 0.05) is 13.1 Å². The predicted molar refractivity (Wildman–Crippen MR) is 79.0 cm³/mol. The number of rotatable bonds is 3. The normalized spacial score (nSPS) is 26.7. The summed E-state index contributed by atoms with van der Waals surface area (Å²) in [5, 5.41) is 9.22. The summed E-state index contributed by atoms with van der Waals surface area (Å²) in [7, 11) is 0. The van der Waals surface area contributed by atoms with Gasteiger partial charge < -0.3 is 10.0 Å². The van der Waals surface area contributed by atoms with Gasteiger partial charge in [0.15, 0.2) is 0 Å². The lowest BCUT2D eigenvalue weighted by molar-refractivity contribution is -0.142. The molecule has 2 atom stereocenters. The molecule has 0 aromatic heterocycles. The maximum absolute atomic E-state index is 12.9. The fourth-order valence-electron chi connectivity index (χ4n) is 3.45. The first-order valence-corrected chi connectivity index (χ1v) is 7.53. The number of hydrogen-bond donors (Lipinski definition) is 1. The Labute approximate surface area is 124 Å². The van der Waals surface area contributed by atoms with E-state index >= 15 is 0 Å². The highest BCUT2D eigenvalue weighted by Crippen LogP contribution is 2.50. The van der Waals surface area contributed by atoms with E-state index in [0.29, 0.717) is 13.1 Å². The number of aliphatic carboxylic acids is 1.